The first kappa shape index (κ1) is 14.9. The third-order valence-electron chi connectivity index (χ3n) is 4.01. The van der Waals surface area contributed by atoms with Gasteiger partial charge in [-0.25, -0.2) is 0 Å². The average Bonchev–Trinajstić information content (AvgIpc) is 3.25. The van der Waals surface area contributed by atoms with E-state index < -0.39 is 5.91 Å². The number of nitrogens with two attached hydrogens (primary N) is 1. The van der Waals surface area contributed by atoms with Gasteiger partial charge in [-0.05, 0) is 35.2 Å². The number of carbonyl (C=O) groups is 1. The van der Waals surface area contributed by atoms with Gasteiger partial charge >= 0.3 is 0 Å². The highest BCUT2D eigenvalue weighted by Crippen LogP contribution is 2.32. The summed E-state index contributed by atoms with van der Waals surface area (Å²) in [5, 5.41) is 24.5. The van der Waals surface area contributed by atoms with Crippen molar-refractivity contribution in [1.29, 1.82) is 0 Å². The standard InChI is InChI=1S/C18H13N5O2/c19-18(25)13-8-10(11-3-1-4-16-14(11)9-20-21-16)7-12-15(5-2-6-24)22-23-17(12)13/h1,3-4,7-9,24H,6H2,(H2,19,25)(H,20,21)(H,22,23). The number of aromatic nitrogens is 4. The van der Waals surface area contributed by atoms with Crippen molar-refractivity contribution in [2.45, 2.75) is 0 Å². The van der Waals surface area contributed by atoms with Crippen LogP contribution in [0.1, 0.15) is 16.1 Å². The zero-order valence-electron chi connectivity index (χ0n) is 13.0. The van der Waals surface area contributed by atoms with Gasteiger partial charge in [-0.2, -0.15) is 10.2 Å². The van der Waals surface area contributed by atoms with Crippen LogP contribution in [-0.4, -0.2) is 38.0 Å². The summed E-state index contributed by atoms with van der Waals surface area (Å²) in [4.78, 5) is 11.9. The van der Waals surface area contributed by atoms with Crippen LogP contribution in [0.3, 0.4) is 0 Å². The molecule has 2 aromatic carbocycles. The lowest BCUT2D eigenvalue weighted by Gasteiger charge is -2.06. The van der Waals surface area contributed by atoms with Crippen LogP contribution in [0.5, 0.6) is 0 Å². The number of primary amides is 1. The van der Waals surface area contributed by atoms with Crippen molar-refractivity contribution in [3.05, 3.63) is 47.8 Å². The summed E-state index contributed by atoms with van der Waals surface area (Å²) in [6.07, 6.45) is 1.74. The summed E-state index contributed by atoms with van der Waals surface area (Å²) in [6, 6.07) is 9.40. The van der Waals surface area contributed by atoms with Gasteiger partial charge in [0.15, 0.2) is 0 Å². The van der Waals surface area contributed by atoms with E-state index in [0.717, 1.165) is 22.0 Å². The molecule has 1 amide bonds. The summed E-state index contributed by atoms with van der Waals surface area (Å²) < 4.78 is 0. The second-order valence-electron chi connectivity index (χ2n) is 5.48. The maximum Gasteiger partial charge on any atom is 0.251 e. The molecule has 4 rings (SSSR count). The third kappa shape index (κ3) is 2.41. The van der Waals surface area contributed by atoms with Crippen molar-refractivity contribution < 1.29 is 9.90 Å². The molecule has 2 aromatic heterocycles. The van der Waals surface area contributed by atoms with Crippen molar-refractivity contribution in [3.63, 3.8) is 0 Å². The molecular formula is C18H13N5O2. The molecule has 0 aliphatic heterocycles. The number of hydrogen-bond donors (Lipinski definition) is 4. The summed E-state index contributed by atoms with van der Waals surface area (Å²) in [5.41, 5.74) is 9.44. The summed E-state index contributed by atoms with van der Waals surface area (Å²) in [5.74, 6) is 4.81. The number of fused-ring (bicyclic) bond motifs is 2. The number of amides is 1. The van der Waals surface area contributed by atoms with Gasteiger partial charge in [-0.1, -0.05) is 18.1 Å². The van der Waals surface area contributed by atoms with E-state index in [4.69, 9.17) is 10.8 Å². The highest BCUT2D eigenvalue weighted by Gasteiger charge is 2.16. The fourth-order valence-corrected chi connectivity index (χ4v) is 2.90. The van der Waals surface area contributed by atoms with E-state index in [2.05, 4.69) is 32.2 Å². The van der Waals surface area contributed by atoms with Gasteiger partial charge in [-0.15, -0.1) is 0 Å². The molecule has 0 spiro atoms. The van der Waals surface area contributed by atoms with Crippen molar-refractivity contribution in [3.8, 4) is 23.0 Å². The van der Waals surface area contributed by atoms with Gasteiger partial charge in [-0.3, -0.25) is 15.0 Å². The summed E-state index contributed by atoms with van der Waals surface area (Å²) >= 11 is 0. The zero-order valence-corrected chi connectivity index (χ0v) is 13.0. The van der Waals surface area contributed by atoms with Crippen molar-refractivity contribution in [2.75, 3.05) is 6.61 Å². The van der Waals surface area contributed by atoms with Gasteiger partial charge < -0.3 is 10.8 Å². The van der Waals surface area contributed by atoms with Crippen LogP contribution in [-0.2, 0) is 0 Å². The molecular weight excluding hydrogens is 318 g/mol. The SMILES string of the molecule is NC(=O)c1cc(-c2cccc3[nH]ncc23)cc2c(C#CCO)[nH]nc12. The van der Waals surface area contributed by atoms with Crippen LogP contribution < -0.4 is 5.73 Å². The lowest BCUT2D eigenvalue weighted by atomic mass is 9.97. The molecule has 0 aliphatic rings. The van der Waals surface area contributed by atoms with Crippen LogP contribution in [0.25, 0.3) is 32.9 Å². The molecule has 0 saturated carbocycles. The topological polar surface area (TPSA) is 121 Å². The molecule has 0 radical (unpaired) electrons. The Hall–Kier alpha value is -3.63. The van der Waals surface area contributed by atoms with Gasteiger partial charge in [0.25, 0.3) is 5.91 Å². The van der Waals surface area contributed by atoms with Crippen LogP contribution in [0.4, 0.5) is 0 Å². The Morgan fingerprint density at radius 3 is 2.92 bits per heavy atom. The van der Waals surface area contributed by atoms with E-state index in [1.807, 2.05) is 24.3 Å². The highest BCUT2D eigenvalue weighted by molar-refractivity contribution is 6.09. The Morgan fingerprint density at radius 2 is 2.12 bits per heavy atom. The molecule has 0 saturated heterocycles. The fourth-order valence-electron chi connectivity index (χ4n) is 2.90. The van der Waals surface area contributed by atoms with E-state index in [1.54, 1.807) is 12.3 Å². The van der Waals surface area contributed by atoms with Crippen molar-refractivity contribution in [1.82, 2.24) is 20.4 Å². The van der Waals surface area contributed by atoms with E-state index >= 15 is 0 Å². The molecule has 0 atom stereocenters. The lowest BCUT2D eigenvalue weighted by Crippen LogP contribution is -2.11. The Kier molecular flexibility index (Phi) is 3.45. The predicted octanol–water partition coefficient (Wildman–Crippen LogP) is 1.55. The number of benzene rings is 2. The quantitative estimate of drug-likeness (QED) is 0.416. The molecule has 2 heterocycles. The van der Waals surface area contributed by atoms with Crippen molar-refractivity contribution >= 4 is 27.7 Å². The molecule has 25 heavy (non-hydrogen) atoms. The van der Waals surface area contributed by atoms with Crippen LogP contribution >= 0.6 is 0 Å². The smallest absolute Gasteiger partial charge is 0.251 e. The lowest BCUT2D eigenvalue weighted by molar-refractivity contribution is 0.100. The first-order valence-corrected chi connectivity index (χ1v) is 7.53. The number of nitrogens with zero attached hydrogens (tertiary/aromatic N) is 2. The Bertz CT molecular complexity index is 1180. The van der Waals surface area contributed by atoms with Crippen LogP contribution in [0.15, 0.2) is 36.5 Å². The second kappa shape index (κ2) is 5.78. The molecule has 0 aliphatic carbocycles. The number of nitrogens with one attached hydrogen (secondary N) is 2. The Balaban J connectivity index is 2.04. The van der Waals surface area contributed by atoms with Crippen LogP contribution in [0.2, 0.25) is 0 Å². The molecule has 0 unspecified atom stereocenters. The number of aliphatic hydroxyl groups is 1. The third-order valence-corrected chi connectivity index (χ3v) is 4.01. The summed E-state index contributed by atoms with van der Waals surface area (Å²) in [7, 11) is 0. The zero-order chi connectivity index (χ0) is 17.4. The number of aliphatic hydroxyl groups excluding tert-OH is 1. The summed E-state index contributed by atoms with van der Waals surface area (Å²) in [6.45, 7) is -0.267. The normalized spacial score (nSPS) is 10.8. The molecule has 0 fully saturated rings. The first-order chi connectivity index (χ1) is 12.2. The minimum absolute atomic E-state index is 0.267. The van der Waals surface area contributed by atoms with Gasteiger partial charge in [0.1, 0.15) is 17.8 Å². The molecule has 122 valence electrons. The predicted molar refractivity (Wildman–Crippen MR) is 93.7 cm³/mol. The average molecular weight is 331 g/mol. The number of carbonyl (C=O) groups excluding carboxylic acids is 1. The van der Waals surface area contributed by atoms with Crippen molar-refractivity contribution in [2.24, 2.45) is 5.73 Å². The Labute approximate surface area is 141 Å². The minimum Gasteiger partial charge on any atom is -0.384 e. The van der Waals surface area contributed by atoms with Crippen LogP contribution in [0, 0.1) is 11.8 Å². The monoisotopic (exact) mass is 331 g/mol. The fraction of sp³-hybridized carbons (Fsp3) is 0.0556. The van der Waals surface area contributed by atoms with E-state index in [-0.39, 0.29) is 6.61 Å². The largest absolute Gasteiger partial charge is 0.384 e. The molecule has 7 heteroatoms. The number of H-pyrrole nitrogens is 2. The van der Waals surface area contributed by atoms with E-state index in [0.29, 0.717) is 22.2 Å². The molecule has 7 nitrogen and oxygen atoms in total. The molecule has 5 N–H and O–H groups in total. The molecule has 4 aromatic rings. The van der Waals surface area contributed by atoms with Gasteiger partial charge in [0.2, 0.25) is 0 Å². The van der Waals surface area contributed by atoms with E-state index in [9.17, 15) is 4.79 Å². The molecule has 0 bridgehead atoms. The minimum atomic E-state index is -0.570. The first-order valence-electron chi connectivity index (χ1n) is 7.53. The van der Waals surface area contributed by atoms with Gasteiger partial charge in [0.05, 0.1) is 17.3 Å². The maximum absolute atomic E-state index is 11.9. The number of aromatic amines is 2. The highest BCUT2D eigenvalue weighted by atomic mass is 16.2. The van der Waals surface area contributed by atoms with E-state index in [1.165, 1.54) is 0 Å². The Morgan fingerprint density at radius 1 is 1.24 bits per heavy atom. The number of rotatable bonds is 2. The maximum atomic E-state index is 11.9. The van der Waals surface area contributed by atoms with Gasteiger partial charge in [0, 0.05) is 10.8 Å². The second-order valence-corrected chi connectivity index (χ2v) is 5.48. The number of hydrogen-bond acceptors (Lipinski definition) is 4.